The van der Waals surface area contributed by atoms with E-state index in [0.717, 1.165) is 13.2 Å². The van der Waals surface area contributed by atoms with Crippen LogP contribution in [-0.4, -0.2) is 37.5 Å². The van der Waals surface area contributed by atoms with Gasteiger partial charge in [-0.05, 0) is 23.6 Å². The summed E-state index contributed by atoms with van der Waals surface area (Å²) in [6.45, 7) is 6.74. The Labute approximate surface area is 103 Å². The van der Waals surface area contributed by atoms with E-state index in [-0.39, 0.29) is 12.6 Å². The second-order valence-corrected chi connectivity index (χ2v) is 4.85. The Morgan fingerprint density at radius 3 is 2.65 bits per heavy atom. The molecule has 17 heavy (non-hydrogen) atoms. The van der Waals surface area contributed by atoms with Gasteiger partial charge in [0.05, 0.1) is 25.9 Å². The minimum absolute atomic E-state index is 0.0913. The molecule has 0 aromatic heterocycles. The first-order valence-electron chi connectivity index (χ1n) is 6.27. The Balaban J connectivity index is 2.15. The van der Waals surface area contributed by atoms with Gasteiger partial charge in [-0.1, -0.05) is 26.0 Å². The average Bonchev–Trinajstić information content (AvgIpc) is 2.39. The smallest absolute Gasteiger partial charge is 0.0755 e. The van der Waals surface area contributed by atoms with Crippen molar-refractivity contribution in [1.29, 1.82) is 0 Å². The molecule has 1 aliphatic rings. The van der Waals surface area contributed by atoms with E-state index in [4.69, 9.17) is 4.74 Å². The van der Waals surface area contributed by atoms with E-state index in [2.05, 4.69) is 43.0 Å². The second-order valence-electron chi connectivity index (χ2n) is 4.85. The molecule has 0 spiro atoms. The van der Waals surface area contributed by atoms with E-state index in [1.54, 1.807) is 0 Å². The first-order valence-corrected chi connectivity index (χ1v) is 6.27. The van der Waals surface area contributed by atoms with Gasteiger partial charge in [-0.15, -0.1) is 0 Å². The maximum atomic E-state index is 9.34. The lowest BCUT2D eigenvalue weighted by molar-refractivity contribution is 0.0727. The topological polar surface area (TPSA) is 32.7 Å². The molecule has 94 valence electrons. The highest BCUT2D eigenvalue weighted by Gasteiger charge is 2.22. The molecule has 0 saturated carbocycles. The molecule has 1 aliphatic heterocycles. The Bertz CT molecular complexity index is 348. The zero-order chi connectivity index (χ0) is 12.3. The first kappa shape index (κ1) is 12.4. The maximum Gasteiger partial charge on any atom is 0.0755 e. The monoisotopic (exact) mass is 235 g/mol. The zero-order valence-electron chi connectivity index (χ0n) is 10.6. The van der Waals surface area contributed by atoms with Crippen molar-refractivity contribution in [3.63, 3.8) is 0 Å². The summed E-state index contributed by atoms with van der Waals surface area (Å²) in [5.74, 6) is 0.558. The summed E-state index contributed by atoms with van der Waals surface area (Å²) in [6, 6.07) is 8.72. The van der Waals surface area contributed by atoms with Gasteiger partial charge in [0.15, 0.2) is 0 Å². The van der Waals surface area contributed by atoms with Crippen LogP contribution in [0.1, 0.15) is 25.3 Å². The molecule has 0 amide bonds. The number of morpholine rings is 1. The molecule has 1 heterocycles. The summed E-state index contributed by atoms with van der Waals surface area (Å²) in [7, 11) is 0. The molecule has 0 radical (unpaired) electrons. The Morgan fingerprint density at radius 2 is 2.06 bits per heavy atom. The fourth-order valence-electron chi connectivity index (χ4n) is 2.20. The molecule has 2 rings (SSSR count). The maximum absolute atomic E-state index is 9.34. The van der Waals surface area contributed by atoms with Crippen LogP contribution in [0.25, 0.3) is 0 Å². The van der Waals surface area contributed by atoms with E-state index in [9.17, 15) is 5.11 Å². The normalized spacial score (nSPS) is 20.9. The van der Waals surface area contributed by atoms with Crippen molar-refractivity contribution in [1.82, 2.24) is 0 Å². The SMILES string of the molecule is CC(C)c1ccc(N2CCOC[C@@H]2CO)cc1. The number of aliphatic hydroxyl groups excluding tert-OH is 1. The van der Waals surface area contributed by atoms with Gasteiger partial charge < -0.3 is 14.7 Å². The average molecular weight is 235 g/mol. The van der Waals surface area contributed by atoms with E-state index in [1.165, 1.54) is 11.3 Å². The summed E-state index contributed by atoms with van der Waals surface area (Å²) in [4.78, 5) is 2.23. The largest absolute Gasteiger partial charge is 0.394 e. The lowest BCUT2D eigenvalue weighted by atomic mass is 10.0. The molecule has 1 aromatic rings. The van der Waals surface area contributed by atoms with Gasteiger partial charge in [0.25, 0.3) is 0 Å². The van der Waals surface area contributed by atoms with Crippen LogP contribution in [0.3, 0.4) is 0 Å². The molecule has 1 N–H and O–H groups in total. The molecule has 1 saturated heterocycles. The minimum atomic E-state index is 0.0913. The van der Waals surface area contributed by atoms with Crippen molar-refractivity contribution in [2.75, 3.05) is 31.3 Å². The predicted molar refractivity (Wildman–Crippen MR) is 69.6 cm³/mol. The van der Waals surface area contributed by atoms with Gasteiger partial charge in [0.2, 0.25) is 0 Å². The zero-order valence-corrected chi connectivity index (χ0v) is 10.6. The molecule has 0 bridgehead atoms. The number of nitrogens with zero attached hydrogens (tertiary/aromatic N) is 1. The number of hydrogen-bond donors (Lipinski definition) is 1. The highest BCUT2D eigenvalue weighted by molar-refractivity contribution is 5.49. The third-order valence-electron chi connectivity index (χ3n) is 3.33. The van der Waals surface area contributed by atoms with Crippen molar-refractivity contribution >= 4 is 5.69 Å². The number of aliphatic hydroxyl groups is 1. The molecule has 0 aliphatic carbocycles. The summed E-state index contributed by atoms with van der Waals surface area (Å²) in [5.41, 5.74) is 2.53. The van der Waals surface area contributed by atoms with Crippen LogP contribution < -0.4 is 4.90 Å². The highest BCUT2D eigenvalue weighted by Crippen LogP contribution is 2.23. The van der Waals surface area contributed by atoms with E-state index < -0.39 is 0 Å². The van der Waals surface area contributed by atoms with Crippen LogP contribution in [0.15, 0.2) is 24.3 Å². The number of benzene rings is 1. The minimum Gasteiger partial charge on any atom is -0.394 e. The van der Waals surface area contributed by atoms with Gasteiger partial charge in [0, 0.05) is 12.2 Å². The fraction of sp³-hybridized carbons (Fsp3) is 0.571. The third kappa shape index (κ3) is 2.79. The van der Waals surface area contributed by atoms with Crippen molar-refractivity contribution in [2.24, 2.45) is 0 Å². The van der Waals surface area contributed by atoms with Crippen molar-refractivity contribution < 1.29 is 9.84 Å². The summed E-state index contributed by atoms with van der Waals surface area (Å²) in [5, 5.41) is 9.34. The van der Waals surface area contributed by atoms with Crippen LogP contribution in [-0.2, 0) is 4.74 Å². The molecule has 1 fully saturated rings. The Kier molecular flexibility index (Phi) is 4.02. The number of ether oxygens (including phenoxy) is 1. The molecule has 1 aromatic carbocycles. The van der Waals surface area contributed by atoms with Crippen molar-refractivity contribution in [2.45, 2.75) is 25.8 Å². The number of rotatable bonds is 3. The highest BCUT2D eigenvalue weighted by atomic mass is 16.5. The Morgan fingerprint density at radius 1 is 1.35 bits per heavy atom. The molecule has 1 atom stereocenters. The van der Waals surface area contributed by atoms with E-state index in [1.807, 2.05) is 0 Å². The van der Waals surface area contributed by atoms with E-state index in [0.29, 0.717) is 12.5 Å². The number of anilines is 1. The van der Waals surface area contributed by atoms with Crippen LogP contribution in [0, 0.1) is 0 Å². The van der Waals surface area contributed by atoms with Gasteiger partial charge >= 0.3 is 0 Å². The molecule has 3 nitrogen and oxygen atoms in total. The van der Waals surface area contributed by atoms with Gasteiger partial charge in [-0.2, -0.15) is 0 Å². The summed E-state index contributed by atoms with van der Waals surface area (Å²) in [6.07, 6.45) is 0. The van der Waals surface area contributed by atoms with Crippen LogP contribution >= 0.6 is 0 Å². The van der Waals surface area contributed by atoms with E-state index >= 15 is 0 Å². The predicted octanol–water partition coefficient (Wildman–Crippen LogP) is 2.01. The molecule has 3 heteroatoms. The second kappa shape index (κ2) is 5.52. The lowest BCUT2D eigenvalue weighted by Gasteiger charge is -2.36. The van der Waals surface area contributed by atoms with Crippen molar-refractivity contribution in [3.8, 4) is 0 Å². The fourth-order valence-corrected chi connectivity index (χ4v) is 2.20. The quantitative estimate of drug-likeness (QED) is 0.870. The molecular weight excluding hydrogens is 214 g/mol. The standard InChI is InChI=1S/C14H21NO2/c1-11(2)12-3-5-13(6-4-12)15-7-8-17-10-14(15)9-16/h3-6,11,14,16H,7-10H2,1-2H3/t14-/m0/s1. The van der Waals surface area contributed by atoms with Gasteiger partial charge in [-0.25, -0.2) is 0 Å². The van der Waals surface area contributed by atoms with Gasteiger partial charge in [-0.3, -0.25) is 0 Å². The van der Waals surface area contributed by atoms with Crippen LogP contribution in [0.2, 0.25) is 0 Å². The lowest BCUT2D eigenvalue weighted by Crippen LogP contribution is -2.47. The third-order valence-corrected chi connectivity index (χ3v) is 3.33. The molecular formula is C14H21NO2. The van der Waals surface area contributed by atoms with Crippen molar-refractivity contribution in [3.05, 3.63) is 29.8 Å². The summed E-state index contributed by atoms with van der Waals surface area (Å²) >= 11 is 0. The molecule has 0 unspecified atom stereocenters. The first-order chi connectivity index (χ1) is 8.22. The number of hydrogen-bond acceptors (Lipinski definition) is 3. The summed E-state index contributed by atoms with van der Waals surface area (Å²) < 4.78 is 5.38. The van der Waals surface area contributed by atoms with Gasteiger partial charge in [0.1, 0.15) is 0 Å². The van der Waals surface area contributed by atoms with Crippen LogP contribution in [0.5, 0.6) is 0 Å². The van der Waals surface area contributed by atoms with Crippen LogP contribution in [0.4, 0.5) is 5.69 Å². The Hall–Kier alpha value is -1.06.